The quantitative estimate of drug-likeness (QED) is 0.783. The molecule has 0 aliphatic rings. The molecule has 0 saturated heterocycles. The highest BCUT2D eigenvalue weighted by Gasteiger charge is 2.09. The molecule has 2 rings (SSSR count). The highest BCUT2D eigenvalue weighted by Crippen LogP contribution is 2.25. The maximum atomic E-state index is 12.8. The van der Waals surface area contributed by atoms with E-state index >= 15 is 0 Å². The summed E-state index contributed by atoms with van der Waals surface area (Å²) in [5, 5.41) is 0.696. The Morgan fingerprint density at radius 3 is 2.25 bits per heavy atom. The molecule has 104 valence electrons. The van der Waals surface area contributed by atoms with Gasteiger partial charge in [-0.05, 0) is 61.4 Å². The monoisotopic (exact) mass is 292 g/mol. The molecule has 4 heteroatoms. The summed E-state index contributed by atoms with van der Waals surface area (Å²) in [6.07, 6.45) is 0. The lowest BCUT2D eigenvalue weighted by Crippen LogP contribution is -2.11. The SMILES string of the molecule is Cc1cc(OCC(=O)c2ccc(F)cc2)cc(C)c1Cl. The molecule has 2 aromatic carbocycles. The average molecular weight is 293 g/mol. The van der Waals surface area contributed by atoms with Gasteiger partial charge in [-0.25, -0.2) is 4.39 Å². The minimum atomic E-state index is -0.369. The van der Waals surface area contributed by atoms with Crippen LogP contribution in [0.15, 0.2) is 36.4 Å². The van der Waals surface area contributed by atoms with Gasteiger partial charge in [-0.2, -0.15) is 0 Å². The summed E-state index contributed by atoms with van der Waals surface area (Å²) in [6.45, 7) is 3.67. The first kappa shape index (κ1) is 14.5. The van der Waals surface area contributed by atoms with Crippen LogP contribution in [0.1, 0.15) is 21.5 Å². The van der Waals surface area contributed by atoms with Gasteiger partial charge in [0.15, 0.2) is 12.4 Å². The fourth-order valence-electron chi connectivity index (χ4n) is 1.86. The minimum absolute atomic E-state index is 0.0911. The lowest BCUT2D eigenvalue weighted by molar-refractivity contribution is 0.0921. The van der Waals surface area contributed by atoms with Gasteiger partial charge in [-0.1, -0.05) is 11.6 Å². The number of carbonyl (C=O) groups excluding carboxylic acids is 1. The van der Waals surface area contributed by atoms with Crippen molar-refractivity contribution in [3.05, 3.63) is 63.9 Å². The second-order valence-electron chi connectivity index (χ2n) is 4.59. The fourth-order valence-corrected chi connectivity index (χ4v) is 1.97. The van der Waals surface area contributed by atoms with Crippen LogP contribution in [0.5, 0.6) is 5.75 Å². The third-order valence-corrected chi connectivity index (χ3v) is 3.54. The molecule has 20 heavy (non-hydrogen) atoms. The summed E-state index contributed by atoms with van der Waals surface area (Å²) in [4.78, 5) is 11.9. The molecular formula is C16H14ClFO2. The van der Waals surface area contributed by atoms with E-state index in [0.717, 1.165) is 11.1 Å². The van der Waals surface area contributed by atoms with Crippen molar-refractivity contribution in [1.82, 2.24) is 0 Å². The van der Waals surface area contributed by atoms with E-state index in [1.807, 2.05) is 13.8 Å². The summed E-state index contributed by atoms with van der Waals surface area (Å²) >= 11 is 6.07. The van der Waals surface area contributed by atoms with Crippen LogP contribution < -0.4 is 4.74 Å². The van der Waals surface area contributed by atoms with E-state index in [1.165, 1.54) is 24.3 Å². The number of ether oxygens (including phenoxy) is 1. The van der Waals surface area contributed by atoms with Gasteiger partial charge < -0.3 is 4.74 Å². The number of hydrogen-bond acceptors (Lipinski definition) is 2. The molecule has 2 aromatic rings. The molecule has 0 amide bonds. The minimum Gasteiger partial charge on any atom is -0.485 e. The van der Waals surface area contributed by atoms with Crippen LogP contribution in [0.3, 0.4) is 0 Å². The third-order valence-electron chi connectivity index (χ3n) is 2.95. The number of aryl methyl sites for hydroxylation is 2. The van der Waals surface area contributed by atoms with Gasteiger partial charge >= 0.3 is 0 Å². The molecule has 0 aromatic heterocycles. The molecule has 0 bridgehead atoms. The van der Waals surface area contributed by atoms with E-state index in [-0.39, 0.29) is 18.2 Å². The number of carbonyl (C=O) groups is 1. The van der Waals surface area contributed by atoms with Gasteiger partial charge in [0.1, 0.15) is 11.6 Å². The van der Waals surface area contributed by atoms with E-state index < -0.39 is 0 Å². The largest absolute Gasteiger partial charge is 0.485 e. The molecule has 0 N–H and O–H groups in total. The molecule has 0 heterocycles. The number of benzene rings is 2. The Bertz CT molecular complexity index is 612. The standard InChI is InChI=1S/C16H14ClFO2/c1-10-7-14(8-11(2)16(10)17)20-9-15(19)12-3-5-13(18)6-4-12/h3-8H,9H2,1-2H3. The van der Waals surface area contributed by atoms with Crippen LogP contribution in [-0.2, 0) is 0 Å². The van der Waals surface area contributed by atoms with Crippen LogP contribution in [0.25, 0.3) is 0 Å². The Labute approximate surface area is 122 Å². The van der Waals surface area contributed by atoms with Crippen LogP contribution in [0.2, 0.25) is 5.02 Å². The molecule has 0 saturated carbocycles. The maximum absolute atomic E-state index is 12.8. The number of Topliss-reactive ketones (excluding diaryl/α,β-unsaturated/α-hetero) is 1. The Morgan fingerprint density at radius 2 is 1.70 bits per heavy atom. The smallest absolute Gasteiger partial charge is 0.200 e. The second-order valence-corrected chi connectivity index (χ2v) is 4.97. The Balaban J connectivity index is 2.05. The first-order valence-electron chi connectivity index (χ1n) is 6.15. The lowest BCUT2D eigenvalue weighted by atomic mass is 10.1. The summed E-state index contributed by atoms with van der Waals surface area (Å²) in [5.41, 5.74) is 2.22. The molecular weight excluding hydrogens is 279 g/mol. The second kappa shape index (κ2) is 6.06. The van der Waals surface area contributed by atoms with Crippen molar-refractivity contribution in [2.45, 2.75) is 13.8 Å². The first-order valence-corrected chi connectivity index (χ1v) is 6.53. The van der Waals surface area contributed by atoms with Gasteiger partial charge in [0.2, 0.25) is 0 Å². The van der Waals surface area contributed by atoms with Crippen molar-refractivity contribution < 1.29 is 13.9 Å². The zero-order valence-electron chi connectivity index (χ0n) is 11.2. The van der Waals surface area contributed by atoms with Gasteiger partial charge in [-0.15, -0.1) is 0 Å². The Hall–Kier alpha value is -1.87. The predicted molar refractivity (Wildman–Crippen MR) is 77.2 cm³/mol. The predicted octanol–water partition coefficient (Wildman–Crippen LogP) is 4.36. The van der Waals surface area contributed by atoms with Gasteiger partial charge in [0, 0.05) is 10.6 Å². The van der Waals surface area contributed by atoms with Crippen molar-refractivity contribution in [1.29, 1.82) is 0 Å². The van der Waals surface area contributed by atoms with E-state index in [4.69, 9.17) is 16.3 Å². The number of rotatable bonds is 4. The van der Waals surface area contributed by atoms with Crippen molar-refractivity contribution in [3.8, 4) is 5.75 Å². The molecule has 0 spiro atoms. The third kappa shape index (κ3) is 3.36. The average Bonchev–Trinajstić information content (AvgIpc) is 2.42. The van der Waals surface area contributed by atoms with Crippen molar-refractivity contribution in [2.75, 3.05) is 6.61 Å². The molecule has 2 nitrogen and oxygen atoms in total. The fraction of sp³-hybridized carbons (Fsp3) is 0.188. The van der Waals surface area contributed by atoms with Crippen molar-refractivity contribution in [2.24, 2.45) is 0 Å². The van der Waals surface area contributed by atoms with Gasteiger partial charge in [-0.3, -0.25) is 4.79 Å². The van der Waals surface area contributed by atoms with E-state index in [1.54, 1.807) is 12.1 Å². The summed E-state index contributed by atoms with van der Waals surface area (Å²) in [5.74, 6) is 0.0292. The van der Waals surface area contributed by atoms with Crippen molar-refractivity contribution >= 4 is 17.4 Å². The first-order chi connectivity index (χ1) is 9.47. The van der Waals surface area contributed by atoms with Crippen LogP contribution in [0.4, 0.5) is 4.39 Å². The Kier molecular flexibility index (Phi) is 4.40. The maximum Gasteiger partial charge on any atom is 0.200 e. The molecule has 0 radical (unpaired) electrons. The summed E-state index contributed by atoms with van der Waals surface area (Å²) < 4.78 is 18.2. The zero-order chi connectivity index (χ0) is 14.7. The number of halogens is 2. The molecule has 0 fully saturated rings. The van der Waals surface area contributed by atoms with E-state index in [2.05, 4.69) is 0 Å². The van der Waals surface area contributed by atoms with Crippen LogP contribution in [-0.4, -0.2) is 12.4 Å². The van der Waals surface area contributed by atoms with E-state index in [0.29, 0.717) is 16.3 Å². The number of ketones is 1. The highest BCUT2D eigenvalue weighted by atomic mass is 35.5. The lowest BCUT2D eigenvalue weighted by Gasteiger charge is -2.09. The molecule has 0 aliphatic carbocycles. The van der Waals surface area contributed by atoms with Crippen molar-refractivity contribution in [3.63, 3.8) is 0 Å². The van der Waals surface area contributed by atoms with Gasteiger partial charge in [0.05, 0.1) is 0 Å². The Morgan fingerprint density at radius 1 is 1.15 bits per heavy atom. The summed E-state index contributed by atoms with van der Waals surface area (Å²) in [7, 11) is 0. The van der Waals surface area contributed by atoms with Gasteiger partial charge in [0.25, 0.3) is 0 Å². The van der Waals surface area contributed by atoms with Crippen LogP contribution in [0, 0.1) is 19.7 Å². The molecule has 0 atom stereocenters. The highest BCUT2D eigenvalue weighted by molar-refractivity contribution is 6.32. The molecule has 0 aliphatic heterocycles. The van der Waals surface area contributed by atoms with E-state index in [9.17, 15) is 9.18 Å². The normalized spacial score (nSPS) is 10.4. The number of hydrogen-bond donors (Lipinski definition) is 0. The topological polar surface area (TPSA) is 26.3 Å². The zero-order valence-corrected chi connectivity index (χ0v) is 12.0. The van der Waals surface area contributed by atoms with Crippen LogP contribution >= 0.6 is 11.6 Å². The molecule has 0 unspecified atom stereocenters. The summed E-state index contributed by atoms with van der Waals surface area (Å²) in [6, 6.07) is 8.97.